The molecule has 0 aliphatic rings. The highest BCUT2D eigenvalue weighted by atomic mass is 79.9. The number of hydrogen-bond donors (Lipinski definition) is 1. The van der Waals surface area contributed by atoms with Gasteiger partial charge >= 0.3 is 0 Å². The van der Waals surface area contributed by atoms with Gasteiger partial charge < -0.3 is 5.11 Å². The van der Waals surface area contributed by atoms with E-state index in [2.05, 4.69) is 34.1 Å². The molecule has 1 rings (SSSR count). The molecule has 0 fully saturated rings. The molecule has 0 unspecified atom stereocenters. The second-order valence-corrected chi connectivity index (χ2v) is 5.57. The van der Waals surface area contributed by atoms with Crippen LogP contribution in [0, 0.1) is 0 Å². The summed E-state index contributed by atoms with van der Waals surface area (Å²) in [5.74, 6) is 0. The Labute approximate surface area is 101 Å². The lowest BCUT2D eigenvalue weighted by Crippen LogP contribution is -2.17. The van der Waals surface area contributed by atoms with Crippen LogP contribution in [0.25, 0.3) is 0 Å². The van der Waals surface area contributed by atoms with E-state index in [0.717, 1.165) is 30.2 Å². The Bertz CT molecular complexity index is 302. The van der Waals surface area contributed by atoms with E-state index in [4.69, 9.17) is 0 Å². The molecule has 1 aromatic carbocycles. The third-order valence-corrected chi connectivity index (χ3v) is 2.89. The summed E-state index contributed by atoms with van der Waals surface area (Å²) in [5.41, 5.74) is 0.845. The molecule has 0 bridgehead atoms. The fourth-order valence-electron chi connectivity index (χ4n) is 1.58. The van der Waals surface area contributed by atoms with Gasteiger partial charge in [0.15, 0.2) is 0 Å². The van der Waals surface area contributed by atoms with Gasteiger partial charge in [-0.3, -0.25) is 0 Å². The van der Waals surface area contributed by atoms with Crippen LogP contribution >= 0.6 is 15.9 Å². The van der Waals surface area contributed by atoms with Gasteiger partial charge in [0.05, 0.1) is 5.60 Å². The summed E-state index contributed by atoms with van der Waals surface area (Å²) in [6, 6.07) is 8.41. The van der Waals surface area contributed by atoms with Crippen molar-refractivity contribution in [2.45, 2.75) is 45.1 Å². The minimum absolute atomic E-state index is 0.517. The van der Waals surface area contributed by atoms with Crippen LogP contribution in [0.15, 0.2) is 28.7 Å². The van der Waals surface area contributed by atoms with Crippen LogP contribution in [0.4, 0.5) is 0 Å². The van der Waals surface area contributed by atoms with Crippen LogP contribution in [0.2, 0.25) is 0 Å². The Morgan fingerprint density at radius 2 is 2.00 bits per heavy atom. The van der Waals surface area contributed by atoms with Gasteiger partial charge in [-0.05, 0) is 50.8 Å². The second-order valence-electron chi connectivity index (χ2n) is 4.65. The monoisotopic (exact) mass is 270 g/mol. The summed E-state index contributed by atoms with van der Waals surface area (Å²) >= 11 is 3.46. The molecule has 0 saturated heterocycles. The van der Waals surface area contributed by atoms with Gasteiger partial charge in [-0.15, -0.1) is 0 Å². The molecular formula is C13H19BrO. The number of aryl methyl sites for hydroxylation is 1. The molecule has 1 nitrogen and oxygen atoms in total. The van der Waals surface area contributed by atoms with Crippen molar-refractivity contribution >= 4 is 15.9 Å². The average molecular weight is 271 g/mol. The first kappa shape index (κ1) is 12.7. The number of benzene rings is 1. The Balaban J connectivity index is 2.26. The molecule has 84 valence electrons. The molecule has 1 N–H and O–H groups in total. The SMILES string of the molecule is CC(C)(O)CCCCc1cccc(Br)c1. The number of aliphatic hydroxyl groups is 1. The summed E-state index contributed by atoms with van der Waals surface area (Å²) in [6.07, 6.45) is 4.19. The molecule has 15 heavy (non-hydrogen) atoms. The summed E-state index contributed by atoms with van der Waals surface area (Å²) in [4.78, 5) is 0. The van der Waals surface area contributed by atoms with Crippen molar-refractivity contribution in [1.82, 2.24) is 0 Å². The van der Waals surface area contributed by atoms with Crippen LogP contribution < -0.4 is 0 Å². The van der Waals surface area contributed by atoms with Gasteiger partial charge in [0.2, 0.25) is 0 Å². The first-order valence-electron chi connectivity index (χ1n) is 5.44. The zero-order chi connectivity index (χ0) is 11.3. The van der Waals surface area contributed by atoms with Crippen molar-refractivity contribution < 1.29 is 5.11 Å². The maximum absolute atomic E-state index is 9.55. The quantitative estimate of drug-likeness (QED) is 0.804. The molecule has 0 spiro atoms. The normalized spacial score (nSPS) is 11.7. The van der Waals surface area contributed by atoms with Gasteiger partial charge in [0, 0.05) is 4.47 Å². The van der Waals surface area contributed by atoms with Crippen molar-refractivity contribution in [2.24, 2.45) is 0 Å². The number of hydrogen-bond acceptors (Lipinski definition) is 1. The molecule has 0 heterocycles. The molecule has 0 aliphatic carbocycles. The van der Waals surface area contributed by atoms with E-state index in [1.54, 1.807) is 0 Å². The minimum atomic E-state index is -0.517. The number of rotatable bonds is 5. The van der Waals surface area contributed by atoms with Gasteiger partial charge in [-0.1, -0.05) is 34.5 Å². The lowest BCUT2D eigenvalue weighted by Gasteiger charge is -2.16. The Morgan fingerprint density at radius 1 is 1.27 bits per heavy atom. The average Bonchev–Trinajstić information content (AvgIpc) is 2.11. The topological polar surface area (TPSA) is 20.2 Å². The first-order valence-corrected chi connectivity index (χ1v) is 6.23. The van der Waals surface area contributed by atoms with Gasteiger partial charge in [-0.2, -0.15) is 0 Å². The zero-order valence-electron chi connectivity index (χ0n) is 9.46. The maximum Gasteiger partial charge on any atom is 0.0591 e. The highest BCUT2D eigenvalue weighted by molar-refractivity contribution is 9.10. The Morgan fingerprint density at radius 3 is 2.60 bits per heavy atom. The minimum Gasteiger partial charge on any atom is -0.390 e. The van der Waals surface area contributed by atoms with Crippen molar-refractivity contribution in [2.75, 3.05) is 0 Å². The number of halogens is 1. The van der Waals surface area contributed by atoms with E-state index in [1.807, 2.05) is 19.9 Å². The summed E-state index contributed by atoms with van der Waals surface area (Å²) < 4.78 is 1.14. The highest BCUT2D eigenvalue weighted by Gasteiger charge is 2.10. The predicted octanol–water partition coefficient (Wildman–Crippen LogP) is 3.93. The van der Waals surface area contributed by atoms with E-state index in [1.165, 1.54) is 5.56 Å². The van der Waals surface area contributed by atoms with Crippen LogP contribution in [-0.4, -0.2) is 10.7 Å². The molecule has 2 heteroatoms. The van der Waals surface area contributed by atoms with E-state index in [0.29, 0.717) is 0 Å². The molecule has 0 amide bonds. The lowest BCUT2D eigenvalue weighted by atomic mass is 9.99. The first-order chi connectivity index (χ1) is 6.97. The predicted molar refractivity (Wildman–Crippen MR) is 68.0 cm³/mol. The van der Waals surface area contributed by atoms with Crippen molar-refractivity contribution in [3.8, 4) is 0 Å². The van der Waals surface area contributed by atoms with Crippen molar-refractivity contribution in [3.05, 3.63) is 34.3 Å². The molecule has 0 aromatic heterocycles. The van der Waals surface area contributed by atoms with Gasteiger partial charge in [0.1, 0.15) is 0 Å². The maximum atomic E-state index is 9.55. The van der Waals surface area contributed by atoms with E-state index < -0.39 is 5.60 Å². The van der Waals surface area contributed by atoms with Gasteiger partial charge in [0.25, 0.3) is 0 Å². The summed E-state index contributed by atoms with van der Waals surface area (Å²) in [5, 5.41) is 9.55. The van der Waals surface area contributed by atoms with Crippen LogP contribution in [0.3, 0.4) is 0 Å². The fourth-order valence-corrected chi connectivity index (χ4v) is 2.03. The summed E-state index contributed by atoms with van der Waals surface area (Å²) in [6.45, 7) is 3.73. The third-order valence-electron chi connectivity index (χ3n) is 2.39. The molecule has 0 saturated carbocycles. The molecular weight excluding hydrogens is 252 g/mol. The number of unbranched alkanes of at least 4 members (excludes halogenated alkanes) is 1. The van der Waals surface area contributed by atoms with Crippen molar-refractivity contribution in [3.63, 3.8) is 0 Å². The van der Waals surface area contributed by atoms with Crippen LogP contribution in [0.5, 0.6) is 0 Å². The smallest absolute Gasteiger partial charge is 0.0591 e. The van der Waals surface area contributed by atoms with Crippen LogP contribution in [0.1, 0.15) is 38.7 Å². The molecule has 0 aliphatic heterocycles. The lowest BCUT2D eigenvalue weighted by molar-refractivity contribution is 0.0682. The largest absolute Gasteiger partial charge is 0.390 e. The second kappa shape index (κ2) is 5.66. The summed E-state index contributed by atoms with van der Waals surface area (Å²) in [7, 11) is 0. The fraction of sp³-hybridized carbons (Fsp3) is 0.538. The standard InChI is InChI=1S/C13H19BrO/c1-13(2,15)9-4-3-6-11-7-5-8-12(14)10-11/h5,7-8,10,15H,3-4,6,9H2,1-2H3. The highest BCUT2D eigenvalue weighted by Crippen LogP contribution is 2.16. The molecule has 0 radical (unpaired) electrons. The van der Waals surface area contributed by atoms with E-state index in [-0.39, 0.29) is 0 Å². The van der Waals surface area contributed by atoms with Crippen LogP contribution in [-0.2, 0) is 6.42 Å². The zero-order valence-corrected chi connectivity index (χ0v) is 11.0. The van der Waals surface area contributed by atoms with Gasteiger partial charge in [-0.25, -0.2) is 0 Å². The molecule has 0 atom stereocenters. The molecule has 1 aromatic rings. The Kier molecular flexibility index (Phi) is 4.81. The van der Waals surface area contributed by atoms with E-state index in [9.17, 15) is 5.11 Å². The van der Waals surface area contributed by atoms with Crippen molar-refractivity contribution in [1.29, 1.82) is 0 Å². The van der Waals surface area contributed by atoms with E-state index >= 15 is 0 Å². The Hall–Kier alpha value is -0.340. The third kappa shape index (κ3) is 5.95.